The van der Waals surface area contributed by atoms with Crippen LogP contribution in [0.1, 0.15) is 33.1 Å². The van der Waals surface area contributed by atoms with Crippen LogP contribution in [-0.2, 0) is 23.8 Å². The number of esters is 2. The van der Waals surface area contributed by atoms with Crippen LogP contribution in [0.4, 0.5) is 0 Å². The van der Waals surface area contributed by atoms with Gasteiger partial charge in [0.1, 0.15) is 12.2 Å². The summed E-state index contributed by atoms with van der Waals surface area (Å²) in [7, 11) is 0. The lowest BCUT2D eigenvalue weighted by atomic mass is 9.51. The van der Waals surface area contributed by atoms with E-state index in [0.717, 1.165) is 6.42 Å². The highest BCUT2D eigenvalue weighted by Gasteiger charge is 2.72. The zero-order valence-electron chi connectivity index (χ0n) is 14.6. The SMILES string of the molecule is C=C(C)C(=O)O[C@H]1CC[C@]2(CO2)[C@@H]2[C@H]3OC(=O)C(=C)[C@@H]3[C@@H](O)C[C@@]12C. The molecule has 2 heterocycles. The van der Waals surface area contributed by atoms with E-state index in [1.807, 2.05) is 6.92 Å². The minimum atomic E-state index is -0.759. The maximum atomic E-state index is 12.1. The molecule has 6 nitrogen and oxygen atoms in total. The molecule has 0 unspecified atom stereocenters. The van der Waals surface area contributed by atoms with Crippen molar-refractivity contribution < 1.29 is 28.9 Å². The molecule has 7 atom stereocenters. The Hall–Kier alpha value is -1.66. The van der Waals surface area contributed by atoms with E-state index in [0.29, 0.717) is 30.6 Å². The van der Waals surface area contributed by atoms with Crippen LogP contribution >= 0.6 is 0 Å². The Bertz CT molecular complexity index is 677. The lowest BCUT2D eigenvalue weighted by Gasteiger charge is -2.56. The maximum Gasteiger partial charge on any atom is 0.334 e. The Morgan fingerprint density at radius 2 is 2.12 bits per heavy atom. The first-order chi connectivity index (χ1) is 11.7. The molecule has 2 saturated heterocycles. The summed E-state index contributed by atoms with van der Waals surface area (Å²) >= 11 is 0. The summed E-state index contributed by atoms with van der Waals surface area (Å²) < 4.78 is 17.2. The van der Waals surface area contributed by atoms with Crippen LogP contribution in [0.5, 0.6) is 0 Å². The van der Waals surface area contributed by atoms with Crippen LogP contribution in [0.15, 0.2) is 24.3 Å². The van der Waals surface area contributed by atoms with E-state index < -0.39 is 35.5 Å². The first kappa shape index (κ1) is 16.8. The van der Waals surface area contributed by atoms with E-state index in [9.17, 15) is 14.7 Å². The van der Waals surface area contributed by atoms with Gasteiger partial charge in [-0.05, 0) is 26.2 Å². The van der Waals surface area contributed by atoms with E-state index in [2.05, 4.69) is 13.2 Å². The van der Waals surface area contributed by atoms with Crippen LogP contribution in [0.25, 0.3) is 0 Å². The molecule has 1 N–H and O–H groups in total. The first-order valence-corrected chi connectivity index (χ1v) is 8.78. The maximum absolute atomic E-state index is 12.1. The van der Waals surface area contributed by atoms with Gasteiger partial charge in [-0.25, -0.2) is 9.59 Å². The lowest BCUT2D eigenvalue weighted by molar-refractivity contribution is -0.202. The van der Waals surface area contributed by atoms with Gasteiger partial charge in [0.05, 0.1) is 24.2 Å². The molecule has 136 valence electrons. The number of aliphatic hydroxyl groups is 1. The first-order valence-electron chi connectivity index (χ1n) is 8.78. The van der Waals surface area contributed by atoms with Gasteiger partial charge in [0, 0.05) is 22.5 Å². The minimum Gasteiger partial charge on any atom is -0.458 e. The topological polar surface area (TPSA) is 85.4 Å². The van der Waals surface area contributed by atoms with E-state index in [4.69, 9.17) is 14.2 Å². The molecule has 0 radical (unpaired) electrons. The molecule has 2 aliphatic carbocycles. The van der Waals surface area contributed by atoms with Crippen molar-refractivity contribution in [1.82, 2.24) is 0 Å². The fraction of sp³-hybridized carbons (Fsp3) is 0.684. The van der Waals surface area contributed by atoms with Gasteiger partial charge in [-0.3, -0.25) is 0 Å². The van der Waals surface area contributed by atoms with Crippen LogP contribution in [-0.4, -0.2) is 47.6 Å². The third-order valence-electron chi connectivity index (χ3n) is 6.61. The molecule has 0 aromatic heterocycles. The second-order valence-electron chi connectivity index (χ2n) is 8.24. The summed E-state index contributed by atoms with van der Waals surface area (Å²) in [5.74, 6) is -1.42. The number of hydrogen-bond donors (Lipinski definition) is 1. The number of aliphatic hydroxyl groups excluding tert-OH is 1. The van der Waals surface area contributed by atoms with Gasteiger partial charge in [0.25, 0.3) is 0 Å². The normalized spacial score (nSPS) is 47.7. The number of epoxide rings is 1. The van der Waals surface area contributed by atoms with Gasteiger partial charge in [-0.1, -0.05) is 20.1 Å². The highest BCUT2D eigenvalue weighted by Crippen LogP contribution is 2.63. The van der Waals surface area contributed by atoms with Crippen molar-refractivity contribution in [3.05, 3.63) is 24.3 Å². The van der Waals surface area contributed by atoms with Crippen LogP contribution < -0.4 is 0 Å². The summed E-state index contributed by atoms with van der Waals surface area (Å²) in [5.41, 5.74) is -0.213. The predicted octanol–water partition coefficient (Wildman–Crippen LogP) is 1.52. The summed E-state index contributed by atoms with van der Waals surface area (Å²) in [4.78, 5) is 24.2. The standard InChI is InChI=1S/C19H24O6/c1-9(2)16(21)24-12-5-6-19(8-23-19)15-14-13(10(3)17(22)25-14)11(20)7-18(12,15)4/h11-15,20H,1,3,5-8H2,2,4H3/t11-,12-,13+,14-,15+,18-,19-/m0/s1. The quantitative estimate of drug-likeness (QED) is 0.463. The number of carbonyl (C=O) groups is 2. The van der Waals surface area contributed by atoms with Crippen LogP contribution in [0, 0.1) is 17.3 Å². The van der Waals surface area contributed by atoms with Gasteiger partial charge >= 0.3 is 11.9 Å². The van der Waals surface area contributed by atoms with Gasteiger partial charge < -0.3 is 19.3 Å². The lowest BCUT2D eigenvalue weighted by Crippen LogP contribution is -2.63. The van der Waals surface area contributed by atoms with Crippen molar-refractivity contribution in [3.63, 3.8) is 0 Å². The zero-order valence-corrected chi connectivity index (χ0v) is 14.6. The van der Waals surface area contributed by atoms with Crippen molar-refractivity contribution in [3.8, 4) is 0 Å². The van der Waals surface area contributed by atoms with Crippen molar-refractivity contribution in [2.75, 3.05) is 6.61 Å². The number of hydrogen-bond acceptors (Lipinski definition) is 6. The molecular weight excluding hydrogens is 324 g/mol. The Kier molecular flexibility index (Phi) is 3.48. The molecule has 6 heteroatoms. The minimum absolute atomic E-state index is 0.131. The number of rotatable bonds is 2. The molecule has 4 fully saturated rings. The molecule has 4 rings (SSSR count). The van der Waals surface area contributed by atoms with Gasteiger partial charge in [0.15, 0.2) is 0 Å². The van der Waals surface area contributed by atoms with E-state index in [1.54, 1.807) is 6.92 Å². The van der Waals surface area contributed by atoms with Crippen molar-refractivity contribution in [2.45, 2.75) is 57.0 Å². The molecule has 2 aliphatic heterocycles. The molecule has 0 aromatic rings. The highest BCUT2D eigenvalue weighted by molar-refractivity contribution is 5.91. The van der Waals surface area contributed by atoms with Crippen molar-refractivity contribution in [1.29, 1.82) is 0 Å². The Balaban J connectivity index is 1.72. The molecule has 2 saturated carbocycles. The largest absolute Gasteiger partial charge is 0.458 e. The average Bonchev–Trinajstić information content (AvgIpc) is 3.22. The Labute approximate surface area is 146 Å². The molecule has 25 heavy (non-hydrogen) atoms. The Morgan fingerprint density at radius 3 is 2.72 bits per heavy atom. The van der Waals surface area contributed by atoms with Gasteiger partial charge in [0.2, 0.25) is 0 Å². The fourth-order valence-corrected chi connectivity index (χ4v) is 5.35. The third kappa shape index (κ3) is 2.23. The summed E-state index contributed by atoms with van der Waals surface area (Å²) in [6, 6.07) is 0. The molecule has 4 aliphatic rings. The molecule has 1 spiro atoms. The predicted molar refractivity (Wildman–Crippen MR) is 87.3 cm³/mol. The molecule has 0 aromatic carbocycles. The Morgan fingerprint density at radius 1 is 1.44 bits per heavy atom. The van der Waals surface area contributed by atoms with Crippen LogP contribution in [0.2, 0.25) is 0 Å². The molecule has 0 amide bonds. The van der Waals surface area contributed by atoms with E-state index in [1.165, 1.54) is 0 Å². The van der Waals surface area contributed by atoms with E-state index in [-0.39, 0.29) is 17.6 Å². The summed E-state index contributed by atoms with van der Waals surface area (Å²) in [6.45, 7) is 11.7. The van der Waals surface area contributed by atoms with Crippen LogP contribution in [0.3, 0.4) is 0 Å². The summed E-state index contributed by atoms with van der Waals surface area (Å²) in [6.07, 6.45) is 0.191. The second-order valence-corrected chi connectivity index (χ2v) is 8.24. The second kappa shape index (κ2) is 5.17. The van der Waals surface area contributed by atoms with E-state index >= 15 is 0 Å². The monoisotopic (exact) mass is 348 g/mol. The average molecular weight is 348 g/mol. The van der Waals surface area contributed by atoms with Gasteiger partial charge in [-0.2, -0.15) is 0 Å². The smallest absolute Gasteiger partial charge is 0.334 e. The number of carbonyl (C=O) groups excluding carboxylic acids is 2. The summed E-state index contributed by atoms with van der Waals surface area (Å²) in [5, 5.41) is 10.7. The number of fused-ring (bicyclic) bond motifs is 4. The number of ether oxygens (including phenoxy) is 3. The van der Waals surface area contributed by atoms with Crippen molar-refractivity contribution in [2.24, 2.45) is 17.3 Å². The molecule has 0 bridgehead atoms. The highest BCUT2D eigenvalue weighted by atomic mass is 16.6. The zero-order chi connectivity index (χ0) is 18.1. The molecular formula is C19H24O6. The van der Waals surface area contributed by atoms with Gasteiger partial charge in [-0.15, -0.1) is 0 Å². The van der Waals surface area contributed by atoms with Crippen molar-refractivity contribution >= 4 is 11.9 Å². The third-order valence-corrected chi connectivity index (χ3v) is 6.61. The fourth-order valence-electron chi connectivity index (χ4n) is 5.35.